The third kappa shape index (κ3) is 3.66. The summed E-state index contributed by atoms with van der Waals surface area (Å²) in [5.74, 6) is 0.877. The lowest BCUT2D eigenvalue weighted by Crippen LogP contribution is -1.88. The van der Waals surface area contributed by atoms with E-state index < -0.39 is 0 Å². The van der Waals surface area contributed by atoms with E-state index in [0.717, 1.165) is 11.3 Å². The van der Waals surface area contributed by atoms with Gasteiger partial charge in [-0.05, 0) is 17.7 Å². The van der Waals surface area contributed by atoms with Crippen molar-refractivity contribution >= 4 is 0 Å². The molecular formula is C10H14O. The maximum Gasteiger partial charge on any atom is 0.115 e. The van der Waals surface area contributed by atoms with Crippen molar-refractivity contribution in [1.82, 2.24) is 0 Å². The third-order valence-electron chi connectivity index (χ3n) is 1.16. The van der Waals surface area contributed by atoms with Crippen molar-refractivity contribution in [2.24, 2.45) is 0 Å². The van der Waals surface area contributed by atoms with Gasteiger partial charge in [0.1, 0.15) is 5.76 Å². The standard InChI is InChI=1S/C8H9O.C2H5/c1-7-3-5-8(9-2)6-4-7;1-2/h3-6H,1H2,2H3;1H2,2H3. The highest BCUT2D eigenvalue weighted by molar-refractivity contribution is 5.39. The smallest absolute Gasteiger partial charge is 0.115 e. The lowest BCUT2D eigenvalue weighted by atomic mass is 10.1. The highest BCUT2D eigenvalue weighted by atomic mass is 16.5. The third-order valence-corrected chi connectivity index (χ3v) is 1.16. The van der Waals surface area contributed by atoms with Gasteiger partial charge in [0.05, 0.1) is 7.11 Å². The summed E-state index contributed by atoms with van der Waals surface area (Å²) in [6.07, 6.45) is 7.61. The van der Waals surface area contributed by atoms with Crippen LogP contribution in [0.4, 0.5) is 0 Å². The normalized spacial score (nSPS) is 14.8. The molecule has 1 aliphatic rings. The maximum absolute atomic E-state index is 4.94. The largest absolute Gasteiger partial charge is 0.497 e. The van der Waals surface area contributed by atoms with Crippen molar-refractivity contribution in [2.45, 2.75) is 6.92 Å². The van der Waals surface area contributed by atoms with E-state index in [-0.39, 0.29) is 0 Å². The van der Waals surface area contributed by atoms with Crippen LogP contribution >= 0.6 is 0 Å². The summed E-state index contributed by atoms with van der Waals surface area (Å²) in [5, 5.41) is 0. The Morgan fingerprint density at radius 2 is 1.91 bits per heavy atom. The first-order valence-electron chi connectivity index (χ1n) is 3.49. The van der Waals surface area contributed by atoms with Crippen LogP contribution in [0.1, 0.15) is 6.92 Å². The van der Waals surface area contributed by atoms with Crippen molar-refractivity contribution < 1.29 is 4.74 Å². The Balaban J connectivity index is 0.000000461. The van der Waals surface area contributed by atoms with Crippen molar-refractivity contribution in [3.05, 3.63) is 49.5 Å². The zero-order valence-electron chi connectivity index (χ0n) is 7.13. The topological polar surface area (TPSA) is 9.23 Å². The molecule has 0 bridgehead atoms. The minimum atomic E-state index is 0.877. The van der Waals surface area contributed by atoms with Gasteiger partial charge >= 0.3 is 0 Å². The second-order valence-corrected chi connectivity index (χ2v) is 1.85. The molecule has 0 aliphatic heterocycles. The van der Waals surface area contributed by atoms with Gasteiger partial charge in [-0.2, -0.15) is 0 Å². The SMILES string of the molecule is C=C1[CH]C=C(OC)C=C1.[CH2]C. The van der Waals surface area contributed by atoms with Crippen LogP contribution in [0.15, 0.2) is 36.1 Å². The van der Waals surface area contributed by atoms with E-state index >= 15 is 0 Å². The molecule has 0 amide bonds. The van der Waals surface area contributed by atoms with Crippen molar-refractivity contribution in [1.29, 1.82) is 0 Å². The molecule has 0 N–H and O–H groups in total. The first kappa shape index (κ1) is 10.0. The molecule has 1 rings (SSSR count). The summed E-state index contributed by atoms with van der Waals surface area (Å²) >= 11 is 0. The zero-order chi connectivity index (χ0) is 8.69. The van der Waals surface area contributed by atoms with Gasteiger partial charge in [0.15, 0.2) is 0 Å². The Morgan fingerprint density at radius 1 is 1.27 bits per heavy atom. The Bertz CT molecular complexity index is 175. The highest BCUT2D eigenvalue weighted by Crippen LogP contribution is 2.11. The van der Waals surface area contributed by atoms with Crippen LogP contribution in [-0.2, 0) is 4.74 Å². The monoisotopic (exact) mass is 150 g/mol. The molecule has 1 nitrogen and oxygen atoms in total. The van der Waals surface area contributed by atoms with Gasteiger partial charge in [0.25, 0.3) is 0 Å². The Kier molecular flexibility index (Phi) is 5.26. The van der Waals surface area contributed by atoms with Crippen LogP contribution in [0.3, 0.4) is 0 Å². The molecule has 0 saturated carbocycles. The molecule has 0 saturated heterocycles. The number of ether oxygens (including phenoxy) is 1. The van der Waals surface area contributed by atoms with Gasteiger partial charge in [0.2, 0.25) is 0 Å². The average Bonchev–Trinajstić information content (AvgIpc) is 2.10. The van der Waals surface area contributed by atoms with E-state index in [4.69, 9.17) is 4.74 Å². The molecule has 0 spiro atoms. The van der Waals surface area contributed by atoms with Crippen molar-refractivity contribution in [3.63, 3.8) is 0 Å². The van der Waals surface area contributed by atoms with E-state index in [0.29, 0.717) is 0 Å². The van der Waals surface area contributed by atoms with E-state index in [1.54, 1.807) is 14.0 Å². The zero-order valence-corrected chi connectivity index (χ0v) is 7.13. The second kappa shape index (κ2) is 5.78. The highest BCUT2D eigenvalue weighted by Gasteiger charge is 1.96. The predicted molar refractivity (Wildman–Crippen MR) is 48.7 cm³/mol. The van der Waals surface area contributed by atoms with E-state index in [9.17, 15) is 0 Å². The first-order valence-corrected chi connectivity index (χ1v) is 3.49. The summed E-state index contributed by atoms with van der Waals surface area (Å²) in [7, 11) is 1.65. The molecule has 0 heterocycles. The number of allylic oxidation sites excluding steroid dienone is 4. The summed E-state index contributed by atoms with van der Waals surface area (Å²) in [4.78, 5) is 0. The number of rotatable bonds is 1. The lowest BCUT2D eigenvalue weighted by molar-refractivity contribution is 0.306. The van der Waals surface area contributed by atoms with Crippen LogP contribution in [0.2, 0.25) is 0 Å². The van der Waals surface area contributed by atoms with Crippen LogP contribution in [0.25, 0.3) is 0 Å². The van der Waals surface area contributed by atoms with Gasteiger partial charge in [-0.3, -0.25) is 0 Å². The van der Waals surface area contributed by atoms with Crippen LogP contribution in [0, 0.1) is 13.3 Å². The second-order valence-electron chi connectivity index (χ2n) is 1.85. The predicted octanol–water partition coefficient (Wildman–Crippen LogP) is 2.69. The fourth-order valence-electron chi connectivity index (χ4n) is 0.626. The minimum absolute atomic E-state index is 0.877. The van der Waals surface area contributed by atoms with Crippen molar-refractivity contribution in [3.8, 4) is 0 Å². The summed E-state index contributed by atoms with van der Waals surface area (Å²) in [6, 6.07) is 0. The van der Waals surface area contributed by atoms with E-state index in [2.05, 4.69) is 13.5 Å². The van der Waals surface area contributed by atoms with Crippen LogP contribution < -0.4 is 0 Å². The minimum Gasteiger partial charge on any atom is -0.497 e. The Labute approximate surface area is 69.1 Å². The molecule has 0 fully saturated rings. The Morgan fingerprint density at radius 3 is 2.27 bits per heavy atom. The van der Waals surface area contributed by atoms with Crippen LogP contribution in [0.5, 0.6) is 0 Å². The molecule has 11 heavy (non-hydrogen) atoms. The van der Waals surface area contributed by atoms with Gasteiger partial charge in [0, 0.05) is 6.42 Å². The molecule has 0 aromatic carbocycles. The summed E-state index contributed by atoms with van der Waals surface area (Å²) < 4.78 is 4.94. The fourth-order valence-corrected chi connectivity index (χ4v) is 0.626. The molecule has 2 radical (unpaired) electrons. The number of hydrogen-bond acceptors (Lipinski definition) is 1. The molecule has 0 unspecified atom stereocenters. The average molecular weight is 150 g/mol. The summed E-state index contributed by atoms with van der Waals surface area (Å²) in [5.41, 5.74) is 1.01. The van der Waals surface area contributed by atoms with Gasteiger partial charge in [-0.15, -0.1) is 0 Å². The van der Waals surface area contributed by atoms with Gasteiger partial charge in [-0.1, -0.05) is 26.5 Å². The van der Waals surface area contributed by atoms with Crippen molar-refractivity contribution in [2.75, 3.05) is 7.11 Å². The number of hydrogen-bond donors (Lipinski definition) is 0. The van der Waals surface area contributed by atoms with E-state index in [1.807, 2.05) is 24.6 Å². The van der Waals surface area contributed by atoms with Gasteiger partial charge < -0.3 is 4.74 Å². The molecule has 60 valence electrons. The quantitative estimate of drug-likeness (QED) is 0.558. The molecule has 0 aromatic rings. The van der Waals surface area contributed by atoms with Gasteiger partial charge in [-0.25, -0.2) is 0 Å². The van der Waals surface area contributed by atoms with E-state index in [1.165, 1.54) is 0 Å². The molecular weight excluding hydrogens is 136 g/mol. The molecule has 0 atom stereocenters. The summed E-state index contributed by atoms with van der Waals surface area (Å²) in [6.45, 7) is 8.74. The molecule has 1 heteroatoms. The fraction of sp³-hybridized carbons (Fsp3) is 0.200. The molecule has 1 aliphatic carbocycles. The molecule has 0 aromatic heterocycles. The van der Waals surface area contributed by atoms with Crippen LogP contribution in [-0.4, -0.2) is 7.11 Å². The Hall–Kier alpha value is -0.980. The lowest BCUT2D eigenvalue weighted by Gasteiger charge is -2.04. The number of methoxy groups -OCH3 is 1. The first-order chi connectivity index (χ1) is 5.33. The maximum atomic E-state index is 4.94.